The molecule has 3 heteroatoms. The van der Waals surface area contributed by atoms with Crippen LogP contribution in [-0.4, -0.2) is 4.57 Å². The minimum atomic E-state index is 0.907. The average molecular weight is 831 g/mol. The van der Waals surface area contributed by atoms with Gasteiger partial charge in [0.1, 0.15) is 11.2 Å². The molecule has 0 N–H and O–H groups in total. The van der Waals surface area contributed by atoms with Crippen molar-refractivity contribution in [2.75, 3.05) is 4.90 Å². The molecule has 2 heterocycles. The van der Waals surface area contributed by atoms with E-state index in [-0.39, 0.29) is 0 Å². The highest BCUT2D eigenvalue weighted by atomic mass is 16.3. The molecule has 0 saturated carbocycles. The van der Waals surface area contributed by atoms with Gasteiger partial charge in [0, 0.05) is 49.6 Å². The number of anilines is 3. The van der Waals surface area contributed by atoms with E-state index in [4.69, 9.17) is 4.42 Å². The van der Waals surface area contributed by atoms with E-state index in [0.717, 1.165) is 79.7 Å². The lowest BCUT2D eigenvalue weighted by atomic mass is 9.96. The maximum absolute atomic E-state index is 6.47. The number of hydrogen-bond donors (Lipinski definition) is 0. The van der Waals surface area contributed by atoms with Crippen LogP contribution in [-0.2, 0) is 6.42 Å². The van der Waals surface area contributed by atoms with Crippen LogP contribution in [0.3, 0.4) is 0 Å². The number of benzene rings is 10. The molecule has 2 aromatic heterocycles. The van der Waals surface area contributed by atoms with Crippen LogP contribution in [0.25, 0.3) is 99.5 Å². The van der Waals surface area contributed by atoms with Gasteiger partial charge in [0.15, 0.2) is 0 Å². The van der Waals surface area contributed by atoms with Gasteiger partial charge in [-0.05, 0) is 106 Å². The van der Waals surface area contributed by atoms with Crippen LogP contribution < -0.4 is 4.90 Å². The molecule has 0 radical (unpaired) electrons. The highest BCUT2D eigenvalue weighted by molar-refractivity contribution is 6.15. The van der Waals surface area contributed by atoms with Crippen LogP contribution in [0, 0.1) is 0 Å². The van der Waals surface area contributed by atoms with E-state index in [2.05, 4.69) is 228 Å². The number of allylic oxidation sites excluding steroid dienone is 1. The Hall–Kier alpha value is -8.40. The van der Waals surface area contributed by atoms with Gasteiger partial charge in [0.25, 0.3) is 0 Å². The summed E-state index contributed by atoms with van der Waals surface area (Å²) >= 11 is 0. The van der Waals surface area contributed by atoms with Crippen molar-refractivity contribution in [1.29, 1.82) is 0 Å². The summed E-state index contributed by atoms with van der Waals surface area (Å²) in [5.74, 6) is 0. The zero-order valence-corrected chi connectivity index (χ0v) is 35.7. The molecular weight excluding hydrogens is 789 g/mol. The predicted octanol–water partition coefficient (Wildman–Crippen LogP) is 17.3. The summed E-state index contributed by atoms with van der Waals surface area (Å²) in [4.78, 5) is 2.48. The zero-order chi connectivity index (χ0) is 42.8. The Morgan fingerprint density at radius 2 is 1.09 bits per heavy atom. The van der Waals surface area contributed by atoms with Gasteiger partial charge in [-0.25, -0.2) is 0 Å². The molecule has 0 spiro atoms. The lowest BCUT2D eigenvalue weighted by Gasteiger charge is -2.30. The Kier molecular flexibility index (Phi) is 8.67. The molecule has 13 rings (SSSR count). The largest absolute Gasteiger partial charge is 0.455 e. The summed E-state index contributed by atoms with van der Waals surface area (Å²) in [6.45, 7) is 0. The van der Waals surface area contributed by atoms with Gasteiger partial charge in [-0.1, -0.05) is 176 Å². The number of nitrogens with zero attached hydrogens (tertiary/aromatic N) is 2. The van der Waals surface area contributed by atoms with E-state index < -0.39 is 0 Å². The molecule has 0 aliphatic heterocycles. The topological polar surface area (TPSA) is 21.3 Å². The highest BCUT2D eigenvalue weighted by Gasteiger charge is 2.24. The maximum atomic E-state index is 6.47. The quantitative estimate of drug-likeness (QED) is 0.149. The first-order chi connectivity index (χ1) is 32.3. The van der Waals surface area contributed by atoms with Crippen molar-refractivity contribution in [1.82, 2.24) is 4.57 Å². The average Bonchev–Trinajstić information content (AvgIpc) is 3.93. The number of para-hydroxylation sites is 5. The first-order valence-corrected chi connectivity index (χ1v) is 22.6. The van der Waals surface area contributed by atoms with Crippen molar-refractivity contribution in [2.24, 2.45) is 0 Å². The fraction of sp³-hybridized carbons (Fsp3) is 0.0323. The van der Waals surface area contributed by atoms with Crippen LogP contribution in [0.5, 0.6) is 0 Å². The molecule has 306 valence electrons. The molecule has 0 atom stereocenters. The number of aromatic nitrogens is 1. The van der Waals surface area contributed by atoms with Gasteiger partial charge >= 0.3 is 0 Å². The summed E-state index contributed by atoms with van der Waals surface area (Å²) in [5.41, 5.74) is 17.1. The van der Waals surface area contributed by atoms with Gasteiger partial charge in [-0.15, -0.1) is 0 Å². The standard InChI is InChI=1S/C62H42N2O/c1-2-20-46-44(17-1)40-60(49-22-4-3-21-48(46)49)63(45-37-35-41(36-38-45)42-18-15-19-43(39-42)47-28-16-29-55-54-27-9-14-34-61(54)65-62(47)55)56-30-10-5-23-50(56)51-24-6-11-31-57(51)64-58-32-12-7-25-52(58)53-26-8-13-33-59(53)64/h1-7,9-25,27-40H,8,26H2. The minimum absolute atomic E-state index is 0.907. The van der Waals surface area contributed by atoms with E-state index in [0.29, 0.717) is 0 Å². The number of aryl methyl sites for hydroxylation is 1. The predicted molar refractivity (Wildman–Crippen MR) is 274 cm³/mol. The molecule has 12 aromatic rings. The molecule has 0 fully saturated rings. The molecule has 0 bridgehead atoms. The molecule has 3 nitrogen and oxygen atoms in total. The van der Waals surface area contributed by atoms with Gasteiger partial charge in [-0.3, -0.25) is 0 Å². The van der Waals surface area contributed by atoms with Crippen molar-refractivity contribution in [2.45, 2.75) is 12.8 Å². The summed E-state index contributed by atoms with van der Waals surface area (Å²) in [7, 11) is 0. The molecule has 0 unspecified atom stereocenters. The summed E-state index contributed by atoms with van der Waals surface area (Å²) in [5, 5.41) is 8.48. The van der Waals surface area contributed by atoms with Crippen LogP contribution in [0.15, 0.2) is 229 Å². The lowest BCUT2D eigenvalue weighted by Crippen LogP contribution is -2.12. The van der Waals surface area contributed by atoms with E-state index >= 15 is 0 Å². The van der Waals surface area contributed by atoms with Crippen molar-refractivity contribution < 1.29 is 4.42 Å². The third-order valence-corrected chi connectivity index (χ3v) is 13.5. The molecule has 1 aliphatic carbocycles. The first kappa shape index (κ1) is 37.2. The first-order valence-electron chi connectivity index (χ1n) is 22.6. The van der Waals surface area contributed by atoms with Gasteiger partial charge in [-0.2, -0.15) is 0 Å². The van der Waals surface area contributed by atoms with Crippen LogP contribution >= 0.6 is 0 Å². The Morgan fingerprint density at radius 3 is 1.98 bits per heavy atom. The van der Waals surface area contributed by atoms with Gasteiger partial charge < -0.3 is 13.9 Å². The monoisotopic (exact) mass is 830 g/mol. The Bertz CT molecular complexity index is 3850. The number of hydrogen-bond acceptors (Lipinski definition) is 2. The van der Waals surface area contributed by atoms with Crippen molar-refractivity contribution in [3.05, 3.63) is 236 Å². The number of furan rings is 1. The molecule has 10 aromatic carbocycles. The fourth-order valence-electron chi connectivity index (χ4n) is 10.5. The molecule has 65 heavy (non-hydrogen) atoms. The molecular formula is C62H42N2O. The third kappa shape index (κ3) is 6.04. The summed E-state index contributed by atoms with van der Waals surface area (Å²) in [6, 6.07) is 79.4. The second-order valence-corrected chi connectivity index (χ2v) is 17.1. The third-order valence-electron chi connectivity index (χ3n) is 13.5. The smallest absolute Gasteiger partial charge is 0.143 e. The van der Waals surface area contributed by atoms with Crippen molar-refractivity contribution in [3.63, 3.8) is 0 Å². The Balaban J connectivity index is 0.990. The van der Waals surface area contributed by atoms with E-state index in [9.17, 15) is 0 Å². The highest BCUT2D eigenvalue weighted by Crippen LogP contribution is 2.48. The van der Waals surface area contributed by atoms with E-state index in [1.807, 2.05) is 12.1 Å². The molecule has 0 saturated heterocycles. The van der Waals surface area contributed by atoms with Gasteiger partial charge in [0.2, 0.25) is 0 Å². The van der Waals surface area contributed by atoms with Crippen LogP contribution in [0.1, 0.15) is 17.7 Å². The Morgan fingerprint density at radius 1 is 0.431 bits per heavy atom. The fourth-order valence-corrected chi connectivity index (χ4v) is 10.5. The normalized spacial score (nSPS) is 12.4. The minimum Gasteiger partial charge on any atom is -0.455 e. The van der Waals surface area contributed by atoms with Crippen molar-refractivity contribution >= 4 is 77.5 Å². The maximum Gasteiger partial charge on any atom is 0.143 e. The summed E-state index contributed by atoms with van der Waals surface area (Å²) < 4.78 is 8.96. The van der Waals surface area contributed by atoms with Gasteiger partial charge in [0.05, 0.1) is 22.6 Å². The van der Waals surface area contributed by atoms with Crippen LogP contribution in [0.4, 0.5) is 17.1 Å². The lowest BCUT2D eigenvalue weighted by molar-refractivity contribution is 0.670. The van der Waals surface area contributed by atoms with Crippen LogP contribution in [0.2, 0.25) is 0 Å². The summed E-state index contributed by atoms with van der Waals surface area (Å²) in [6.07, 6.45) is 6.75. The zero-order valence-electron chi connectivity index (χ0n) is 35.7. The van der Waals surface area contributed by atoms with E-state index in [1.54, 1.807) is 0 Å². The Labute approximate surface area is 377 Å². The molecule has 1 aliphatic rings. The number of fused-ring (bicyclic) bond motifs is 9. The SMILES string of the molecule is C1=Cc2c(c3ccccc3n2-c2ccccc2-c2ccccc2N(c2ccc(-c3cccc(-c4cccc5c4oc4ccccc45)c3)cc2)c2cc3ccccc3c3ccccc23)CC1. The number of rotatable bonds is 7. The molecule has 0 amide bonds. The van der Waals surface area contributed by atoms with E-state index in [1.165, 1.54) is 55.0 Å². The second-order valence-electron chi connectivity index (χ2n) is 17.1. The van der Waals surface area contributed by atoms with Crippen molar-refractivity contribution in [3.8, 4) is 39.1 Å². The second kappa shape index (κ2) is 15.1.